The molecule has 0 aromatic carbocycles. The molecule has 1 aromatic heterocycles. The van der Waals surface area contributed by atoms with Gasteiger partial charge in [-0.05, 0) is 38.2 Å². The van der Waals surface area contributed by atoms with Gasteiger partial charge >= 0.3 is 0 Å². The van der Waals surface area contributed by atoms with E-state index in [2.05, 4.69) is 15.3 Å². The third-order valence-electron chi connectivity index (χ3n) is 2.83. The van der Waals surface area contributed by atoms with Gasteiger partial charge in [0.25, 0.3) is 0 Å². The quantitative estimate of drug-likeness (QED) is 0.604. The third-order valence-corrected chi connectivity index (χ3v) is 2.83. The van der Waals surface area contributed by atoms with Crippen molar-refractivity contribution in [3.63, 3.8) is 0 Å². The molecule has 0 radical (unpaired) electrons. The lowest BCUT2D eigenvalue weighted by Crippen LogP contribution is -2.36. The van der Waals surface area contributed by atoms with Crippen LogP contribution in [0.1, 0.15) is 32.3 Å². The minimum atomic E-state index is 0.292. The highest BCUT2D eigenvalue weighted by Gasteiger charge is 2.21. The highest BCUT2D eigenvalue weighted by Crippen LogP contribution is 2.29. The first kappa shape index (κ1) is 13.6. The summed E-state index contributed by atoms with van der Waals surface area (Å²) in [6.07, 6.45) is 4.36. The highest BCUT2D eigenvalue weighted by atomic mass is 16.5. The van der Waals surface area contributed by atoms with Crippen LogP contribution in [0.4, 0.5) is 0 Å². The van der Waals surface area contributed by atoms with Crippen LogP contribution in [-0.4, -0.2) is 23.6 Å². The lowest BCUT2D eigenvalue weighted by atomic mass is 10.3. The van der Waals surface area contributed by atoms with Crippen molar-refractivity contribution in [3.8, 4) is 5.88 Å². The van der Waals surface area contributed by atoms with Gasteiger partial charge in [0.1, 0.15) is 0 Å². The molecular weight excluding hydrogens is 240 g/mol. The Balaban J connectivity index is 1.80. The fourth-order valence-electron chi connectivity index (χ4n) is 1.60. The molecule has 1 aliphatic rings. The smallest absolute Gasteiger partial charge is 0.213 e. The maximum absolute atomic E-state index is 5.73. The molecule has 0 spiro atoms. The van der Waals surface area contributed by atoms with Crippen LogP contribution < -0.4 is 15.8 Å². The van der Waals surface area contributed by atoms with Gasteiger partial charge in [-0.2, -0.15) is 0 Å². The van der Waals surface area contributed by atoms with Gasteiger partial charge in [-0.1, -0.05) is 6.07 Å². The Labute approximate surface area is 114 Å². The van der Waals surface area contributed by atoms with E-state index in [1.165, 1.54) is 12.8 Å². The first-order valence-electron chi connectivity index (χ1n) is 6.77. The van der Waals surface area contributed by atoms with E-state index in [-0.39, 0.29) is 0 Å². The summed E-state index contributed by atoms with van der Waals surface area (Å²) in [7, 11) is 0. The van der Waals surface area contributed by atoms with E-state index in [9.17, 15) is 0 Å². The SMILES string of the molecule is CC(C)NC(N)=NCc1ccc(OCC2CC2)nc1. The summed E-state index contributed by atoms with van der Waals surface area (Å²) in [5.41, 5.74) is 6.75. The summed E-state index contributed by atoms with van der Waals surface area (Å²) in [6, 6.07) is 4.15. The van der Waals surface area contributed by atoms with Crippen molar-refractivity contribution >= 4 is 5.96 Å². The predicted molar refractivity (Wildman–Crippen MR) is 76.1 cm³/mol. The Morgan fingerprint density at radius 3 is 2.89 bits per heavy atom. The summed E-state index contributed by atoms with van der Waals surface area (Å²) in [5, 5.41) is 3.05. The average molecular weight is 262 g/mol. The summed E-state index contributed by atoms with van der Waals surface area (Å²) >= 11 is 0. The van der Waals surface area contributed by atoms with E-state index in [0.717, 1.165) is 18.1 Å². The monoisotopic (exact) mass is 262 g/mol. The Morgan fingerprint density at radius 1 is 1.53 bits per heavy atom. The van der Waals surface area contributed by atoms with Crippen molar-refractivity contribution in [1.82, 2.24) is 10.3 Å². The van der Waals surface area contributed by atoms with Gasteiger partial charge in [-0.15, -0.1) is 0 Å². The van der Waals surface area contributed by atoms with Crippen LogP contribution >= 0.6 is 0 Å². The van der Waals surface area contributed by atoms with E-state index >= 15 is 0 Å². The van der Waals surface area contributed by atoms with Crippen LogP contribution in [0, 0.1) is 5.92 Å². The van der Waals surface area contributed by atoms with Crippen molar-refractivity contribution in [2.24, 2.45) is 16.6 Å². The van der Waals surface area contributed by atoms with Crippen molar-refractivity contribution in [3.05, 3.63) is 23.9 Å². The number of pyridine rings is 1. The number of ether oxygens (including phenoxy) is 1. The zero-order chi connectivity index (χ0) is 13.7. The van der Waals surface area contributed by atoms with Crippen molar-refractivity contribution in [1.29, 1.82) is 0 Å². The van der Waals surface area contributed by atoms with Gasteiger partial charge in [-0.25, -0.2) is 9.98 Å². The molecule has 3 N–H and O–H groups in total. The van der Waals surface area contributed by atoms with Crippen molar-refractivity contribution < 1.29 is 4.74 Å². The number of hydrogen-bond donors (Lipinski definition) is 2. The topological polar surface area (TPSA) is 72.5 Å². The molecule has 0 amide bonds. The molecular formula is C14H22N4O. The third kappa shape index (κ3) is 5.16. The Hall–Kier alpha value is -1.78. The van der Waals surface area contributed by atoms with Crippen LogP contribution in [0.15, 0.2) is 23.3 Å². The molecule has 1 fully saturated rings. The van der Waals surface area contributed by atoms with E-state index in [1.54, 1.807) is 6.20 Å². The first-order chi connectivity index (χ1) is 9.13. The molecule has 5 nitrogen and oxygen atoms in total. The summed E-state index contributed by atoms with van der Waals surface area (Å²) in [4.78, 5) is 8.52. The Kier molecular flexibility index (Phi) is 4.60. The summed E-state index contributed by atoms with van der Waals surface area (Å²) < 4.78 is 5.58. The van der Waals surface area contributed by atoms with E-state index in [1.807, 2.05) is 26.0 Å². The minimum Gasteiger partial charge on any atom is -0.477 e. The van der Waals surface area contributed by atoms with E-state index < -0.39 is 0 Å². The summed E-state index contributed by atoms with van der Waals surface area (Å²) in [6.45, 7) is 5.36. The molecule has 5 heteroatoms. The Morgan fingerprint density at radius 2 is 2.32 bits per heavy atom. The molecule has 0 bridgehead atoms. The predicted octanol–water partition coefficient (Wildman–Crippen LogP) is 1.68. The first-order valence-corrected chi connectivity index (χ1v) is 6.77. The second-order valence-corrected chi connectivity index (χ2v) is 5.26. The minimum absolute atomic E-state index is 0.292. The zero-order valence-electron chi connectivity index (χ0n) is 11.6. The lowest BCUT2D eigenvalue weighted by molar-refractivity contribution is 0.288. The van der Waals surface area contributed by atoms with E-state index in [0.29, 0.717) is 24.4 Å². The number of aliphatic imine (C=N–C) groups is 1. The molecule has 2 rings (SSSR count). The Bertz CT molecular complexity index is 424. The van der Waals surface area contributed by atoms with E-state index in [4.69, 9.17) is 10.5 Å². The fourth-order valence-corrected chi connectivity index (χ4v) is 1.60. The van der Waals surface area contributed by atoms with Crippen LogP contribution in [0.2, 0.25) is 0 Å². The van der Waals surface area contributed by atoms with Gasteiger partial charge in [-0.3, -0.25) is 0 Å². The largest absolute Gasteiger partial charge is 0.477 e. The second-order valence-electron chi connectivity index (χ2n) is 5.26. The fraction of sp³-hybridized carbons (Fsp3) is 0.571. The lowest BCUT2D eigenvalue weighted by Gasteiger charge is -2.08. The molecule has 19 heavy (non-hydrogen) atoms. The molecule has 0 atom stereocenters. The van der Waals surface area contributed by atoms with Crippen LogP contribution in [0.3, 0.4) is 0 Å². The van der Waals surface area contributed by atoms with Gasteiger partial charge in [0.15, 0.2) is 5.96 Å². The number of nitrogens with one attached hydrogen (secondary N) is 1. The molecule has 0 saturated heterocycles. The molecule has 0 unspecified atom stereocenters. The molecule has 1 saturated carbocycles. The molecule has 0 aliphatic heterocycles. The maximum atomic E-state index is 5.73. The highest BCUT2D eigenvalue weighted by molar-refractivity contribution is 5.78. The van der Waals surface area contributed by atoms with Crippen molar-refractivity contribution in [2.75, 3.05) is 6.61 Å². The van der Waals surface area contributed by atoms with Gasteiger partial charge in [0.2, 0.25) is 5.88 Å². The van der Waals surface area contributed by atoms with Gasteiger partial charge in [0.05, 0.1) is 13.2 Å². The number of guanidine groups is 1. The number of rotatable bonds is 6. The normalized spacial score (nSPS) is 15.6. The number of aromatic nitrogens is 1. The molecule has 1 heterocycles. The second kappa shape index (κ2) is 6.41. The van der Waals surface area contributed by atoms with Crippen LogP contribution in [0.25, 0.3) is 0 Å². The van der Waals surface area contributed by atoms with Gasteiger partial charge < -0.3 is 15.8 Å². The maximum Gasteiger partial charge on any atom is 0.213 e. The number of nitrogens with two attached hydrogens (primary N) is 1. The number of hydrogen-bond acceptors (Lipinski definition) is 3. The molecule has 1 aromatic rings. The van der Waals surface area contributed by atoms with Crippen LogP contribution in [0.5, 0.6) is 5.88 Å². The van der Waals surface area contributed by atoms with Crippen molar-refractivity contribution in [2.45, 2.75) is 39.3 Å². The van der Waals surface area contributed by atoms with Crippen LogP contribution in [-0.2, 0) is 6.54 Å². The molecule has 1 aliphatic carbocycles. The average Bonchev–Trinajstić information content (AvgIpc) is 3.18. The standard InChI is InChI=1S/C14H22N4O/c1-10(2)18-14(15)17-8-12-5-6-13(16-7-12)19-9-11-3-4-11/h5-7,10-11H,3-4,8-9H2,1-2H3,(H3,15,17,18). The number of nitrogens with zero attached hydrogens (tertiary/aromatic N) is 2. The molecule has 104 valence electrons. The summed E-state index contributed by atoms with van der Waals surface area (Å²) in [5.74, 6) is 1.89. The zero-order valence-corrected chi connectivity index (χ0v) is 11.6. The van der Waals surface area contributed by atoms with Gasteiger partial charge in [0, 0.05) is 18.3 Å².